The molecule has 1 heterocycles. The van der Waals surface area contributed by atoms with Gasteiger partial charge in [-0.05, 0) is 23.8 Å². The van der Waals surface area contributed by atoms with Gasteiger partial charge < -0.3 is 9.47 Å². The van der Waals surface area contributed by atoms with Crippen LogP contribution in [0.3, 0.4) is 0 Å². The Labute approximate surface area is 147 Å². The molecule has 25 heavy (non-hydrogen) atoms. The van der Waals surface area contributed by atoms with Gasteiger partial charge in [-0.1, -0.05) is 23.9 Å². The Morgan fingerprint density at radius 1 is 1.24 bits per heavy atom. The molecule has 3 rings (SSSR count). The number of halogens is 1. The van der Waals surface area contributed by atoms with Gasteiger partial charge in [0.1, 0.15) is 11.9 Å². The van der Waals surface area contributed by atoms with Crippen molar-refractivity contribution in [1.29, 1.82) is 0 Å². The number of rotatable bonds is 5. The van der Waals surface area contributed by atoms with E-state index < -0.39 is 16.4 Å². The molecule has 1 saturated heterocycles. The van der Waals surface area contributed by atoms with Crippen molar-refractivity contribution in [2.24, 2.45) is 0 Å². The van der Waals surface area contributed by atoms with Gasteiger partial charge in [0.25, 0.3) is 5.69 Å². The average molecular weight is 363 g/mol. The van der Waals surface area contributed by atoms with Crippen molar-refractivity contribution in [3.05, 3.63) is 63.5 Å². The van der Waals surface area contributed by atoms with Crippen LogP contribution in [0.2, 0.25) is 0 Å². The standard InChI is InChI=1S/C17H14FNO5S/c18-14-8-15(19(21)22)12(9-20)7-17(14)25-13-3-1-11(2-4-13)16-10-23-5-6-24-16/h1-4,7-9,16H,5-6,10H2. The molecule has 1 aliphatic rings. The molecule has 0 amide bonds. The van der Waals surface area contributed by atoms with Crippen molar-refractivity contribution in [2.75, 3.05) is 19.8 Å². The zero-order valence-corrected chi connectivity index (χ0v) is 13.8. The highest BCUT2D eigenvalue weighted by molar-refractivity contribution is 7.99. The first-order chi connectivity index (χ1) is 12.1. The van der Waals surface area contributed by atoms with Crippen LogP contribution in [0.25, 0.3) is 0 Å². The first-order valence-corrected chi connectivity index (χ1v) is 8.30. The SMILES string of the molecule is O=Cc1cc(Sc2ccc(C3COCCO3)cc2)c(F)cc1[N+](=O)[O-]. The van der Waals surface area contributed by atoms with Crippen molar-refractivity contribution in [3.8, 4) is 0 Å². The molecule has 0 spiro atoms. The molecule has 0 N–H and O–H groups in total. The fraction of sp³-hybridized carbons (Fsp3) is 0.235. The number of nitro groups is 1. The molecule has 1 atom stereocenters. The van der Waals surface area contributed by atoms with E-state index in [9.17, 15) is 19.3 Å². The number of carbonyl (C=O) groups excluding carboxylic acids is 1. The molecule has 2 aromatic rings. The minimum Gasteiger partial charge on any atom is -0.376 e. The number of aldehydes is 1. The van der Waals surface area contributed by atoms with E-state index in [2.05, 4.69) is 0 Å². The molecule has 1 fully saturated rings. The van der Waals surface area contributed by atoms with Crippen LogP contribution in [-0.4, -0.2) is 31.0 Å². The molecular formula is C17H14FNO5S. The number of nitro benzene ring substituents is 1. The van der Waals surface area contributed by atoms with E-state index in [1.54, 1.807) is 12.1 Å². The lowest BCUT2D eigenvalue weighted by Gasteiger charge is -2.23. The van der Waals surface area contributed by atoms with Crippen molar-refractivity contribution in [1.82, 2.24) is 0 Å². The second-order valence-corrected chi connectivity index (χ2v) is 6.44. The summed E-state index contributed by atoms with van der Waals surface area (Å²) in [6, 6.07) is 9.31. The van der Waals surface area contributed by atoms with Gasteiger partial charge in [0.05, 0.1) is 36.4 Å². The van der Waals surface area contributed by atoms with Gasteiger partial charge in [0.15, 0.2) is 6.29 Å². The van der Waals surface area contributed by atoms with Gasteiger partial charge in [0.2, 0.25) is 0 Å². The van der Waals surface area contributed by atoms with E-state index >= 15 is 0 Å². The Hall–Kier alpha value is -2.29. The fourth-order valence-electron chi connectivity index (χ4n) is 2.45. The molecule has 1 aliphatic heterocycles. The lowest BCUT2D eigenvalue weighted by atomic mass is 10.1. The maximum absolute atomic E-state index is 14.1. The highest BCUT2D eigenvalue weighted by Crippen LogP contribution is 2.34. The van der Waals surface area contributed by atoms with E-state index in [-0.39, 0.29) is 16.6 Å². The molecule has 0 aromatic heterocycles. The second-order valence-electron chi connectivity index (χ2n) is 5.32. The van der Waals surface area contributed by atoms with Gasteiger partial charge in [0, 0.05) is 9.79 Å². The monoisotopic (exact) mass is 363 g/mol. The predicted molar refractivity (Wildman–Crippen MR) is 88.5 cm³/mol. The molecule has 1 unspecified atom stereocenters. The van der Waals surface area contributed by atoms with Crippen molar-refractivity contribution >= 4 is 23.7 Å². The van der Waals surface area contributed by atoms with Crippen molar-refractivity contribution < 1.29 is 23.6 Å². The van der Waals surface area contributed by atoms with E-state index in [0.29, 0.717) is 26.1 Å². The second kappa shape index (κ2) is 7.73. The van der Waals surface area contributed by atoms with Crippen LogP contribution in [0.5, 0.6) is 0 Å². The van der Waals surface area contributed by atoms with Crippen molar-refractivity contribution in [3.63, 3.8) is 0 Å². The lowest BCUT2D eigenvalue weighted by Crippen LogP contribution is -2.21. The molecule has 6 nitrogen and oxygen atoms in total. The number of carbonyl (C=O) groups is 1. The van der Waals surface area contributed by atoms with Crippen LogP contribution < -0.4 is 0 Å². The molecule has 0 radical (unpaired) electrons. The Morgan fingerprint density at radius 3 is 2.60 bits per heavy atom. The summed E-state index contributed by atoms with van der Waals surface area (Å²) >= 11 is 1.09. The first kappa shape index (κ1) is 17.5. The third-order valence-corrected chi connectivity index (χ3v) is 4.74. The zero-order valence-electron chi connectivity index (χ0n) is 13.0. The highest BCUT2D eigenvalue weighted by atomic mass is 32.2. The minimum absolute atomic E-state index is 0.120. The Kier molecular flexibility index (Phi) is 5.42. The summed E-state index contributed by atoms with van der Waals surface area (Å²) in [5, 5.41) is 10.8. The lowest BCUT2D eigenvalue weighted by molar-refractivity contribution is -0.385. The largest absolute Gasteiger partial charge is 0.376 e. The molecule has 130 valence electrons. The summed E-state index contributed by atoms with van der Waals surface area (Å²) < 4.78 is 25.1. The summed E-state index contributed by atoms with van der Waals surface area (Å²) in [7, 11) is 0. The third kappa shape index (κ3) is 4.04. The van der Waals surface area contributed by atoms with Gasteiger partial charge in [-0.25, -0.2) is 4.39 Å². The van der Waals surface area contributed by atoms with Crippen LogP contribution in [-0.2, 0) is 9.47 Å². The number of nitrogens with zero attached hydrogens (tertiary/aromatic N) is 1. The summed E-state index contributed by atoms with van der Waals surface area (Å²) in [6.07, 6.45) is 0.232. The van der Waals surface area contributed by atoms with Crippen molar-refractivity contribution in [2.45, 2.75) is 15.9 Å². The smallest absolute Gasteiger partial charge is 0.282 e. The summed E-state index contributed by atoms with van der Waals surface area (Å²) in [4.78, 5) is 22.0. The summed E-state index contributed by atoms with van der Waals surface area (Å²) in [6.45, 7) is 1.62. The first-order valence-electron chi connectivity index (χ1n) is 7.49. The molecule has 0 saturated carbocycles. The highest BCUT2D eigenvalue weighted by Gasteiger charge is 2.19. The van der Waals surface area contributed by atoms with Crippen LogP contribution in [0, 0.1) is 15.9 Å². The molecule has 2 aromatic carbocycles. The zero-order chi connectivity index (χ0) is 17.8. The average Bonchev–Trinajstić information content (AvgIpc) is 2.64. The predicted octanol–water partition coefficient (Wildman–Crippen LogP) is 3.79. The van der Waals surface area contributed by atoms with Crippen LogP contribution in [0.4, 0.5) is 10.1 Å². The maximum Gasteiger partial charge on any atom is 0.282 e. The Morgan fingerprint density at radius 2 is 2.00 bits per heavy atom. The number of benzene rings is 2. The third-order valence-electron chi connectivity index (χ3n) is 3.70. The van der Waals surface area contributed by atoms with Crippen LogP contribution in [0.1, 0.15) is 22.0 Å². The van der Waals surface area contributed by atoms with Crippen LogP contribution in [0.15, 0.2) is 46.2 Å². The Balaban J connectivity index is 1.80. The number of hydrogen-bond acceptors (Lipinski definition) is 6. The quantitative estimate of drug-likeness (QED) is 0.457. The van der Waals surface area contributed by atoms with Gasteiger partial charge in [-0.3, -0.25) is 14.9 Å². The summed E-state index contributed by atoms with van der Waals surface area (Å²) in [5.41, 5.74) is 0.265. The maximum atomic E-state index is 14.1. The normalized spacial score (nSPS) is 17.2. The number of hydrogen-bond donors (Lipinski definition) is 0. The summed E-state index contributed by atoms with van der Waals surface area (Å²) in [5.74, 6) is -0.740. The van der Waals surface area contributed by atoms with Crippen LogP contribution >= 0.6 is 11.8 Å². The minimum atomic E-state index is -0.775. The van der Waals surface area contributed by atoms with Gasteiger partial charge >= 0.3 is 0 Å². The van der Waals surface area contributed by atoms with Gasteiger partial charge in [-0.15, -0.1) is 0 Å². The van der Waals surface area contributed by atoms with E-state index in [1.807, 2.05) is 12.1 Å². The molecule has 0 aliphatic carbocycles. The molecule has 8 heteroatoms. The topological polar surface area (TPSA) is 78.7 Å². The molecule has 0 bridgehead atoms. The van der Waals surface area contributed by atoms with E-state index in [1.165, 1.54) is 6.07 Å². The Bertz CT molecular complexity index is 790. The fourth-order valence-corrected chi connectivity index (χ4v) is 3.32. The van der Waals surface area contributed by atoms with E-state index in [0.717, 1.165) is 28.3 Å². The van der Waals surface area contributed by atoms with E-state index in [4.69, 9.17) is 9.47 Å². The molecular weight excluding hydrogens is 349 g/mol. The van der Waals surface area contributed by atoms with Gasteiger partial charge in [-0.2, -0.15) is 0 Å². The number of ether oxygens (including phenoxy) is 2.